The molecule has 2 atom stereocenters. The van der Waals surface area contributed by atoms with Gasteiger partial charge in [0, 0.05) is 17.2 Å². The van der Waals surface area contributed by atoms with Gasteiger partial charge in [0.2, 0.25) is 0 Å². The van der Waals surface area contributed by atoms with Gasteiger partial charge < -0.3 is 0 Å². The van der Waals surface area contributed by atoms with Gasteiger partial charge in [-0.2, -0.15) is 0 Å². The van der Waals surface area contributed by atoms with Crippen LogP contribution in [0.2, 0.25) is 0 Å². The van der Waals surface area contributed by atoms with E-state index < -0.39 is 0 Å². The van der Waals surface area contributed by atoms with Crippen LogP contribution in [0.3, 0.4) is 0 Å². The van der Waals surface area contributed by atoms with Crippen LogP contribution in [0.25, 0.3) is 10.8 Å². The molecule has 1 aliphatic rings. The second kappa shape index (κ2) is 4.42. The molecule has 0 heterocycles. The Balaban J connectivity index is 2.11. The van der Waals surface area contributed by atoms with Gasteiger partial charge in [0.25, 0.3) is 0 Å². The number of rotatable bonds is 0. The third kappa shape index (κ3) is 1.67. The monoisotopic (exact) mass is 276 g/mol. The Labute approximate surface area is 124 Å². The van der Waals surface area contributed by atoms with E-state index in [0.29, 0.717) is 5.92 Å². The molecule has 0 N–H and O–H groups in total. The molecule has 21 heavy (non-hydrogen) atoms. The standard InChI is InChI=1S/C20H17F/c1-12-14-7-3-4-8-15(14)13(2)20-17-10-6-5-9-16(17)19(21)11-18(12)20/h3-13H,1-2H3/t12-,13-/m1/s1. The molecule has 0 fully saturated rings. The highest BCUT2D eigenvalue weighted by Gasteiger charge is 2.29. The van der Waals surface area contributed by atoms with Gasteiger partial charge in [-0.3, -0.25) is 0 Å². The third-order valence-corrected chi connectivity index (χ3v) is 4.90. The predicted octanol–water partition coefficient (Wildman–Crippen LogP) is 5.60. The molecule has 0 aromatic heterocycles. The molecule has 0 saturated heterocycles. The first-order chi connectivity index (χ1) is 10.2. The molecular formula is C20H17F. The minimum absolute atomic E-state index is 0.109. The minimum atomic E-state index is -0.109. The van der Waals surface area contributed by atoms with Gasteiger partial charge in [-0.1, -0.05) is 62.4 Å². The molecule has 3 aromatic rings. The molecule has 0 nitrogen and oxygen atoms in total. The fourth-order valence-corrected chi connectivity index (χ4v) is 3.84. The van der Waals surface area contributed by atoms with Gasteiger partial charge in [-0.25, -0.2) is 4.39 Å². The van der Waals surface area contributed by atoms with Crippen molar-refractivity contribution in [3.63, 3.8) is 0 Å². The Kier molecular flexibility index (Phi) is 2.65. The summed E-state index contributed by atoms with van der Waals surface area (Å²) in [5, 5.41) is 1.79. The quantitative estimate of drug-likeness (QED) is 0.501. The highest BCUT2D eigenvalue weighted by Crippen LogP contribution is 2.46. The summed E-state index contributed by atoms with van der Waals surface area (Å²) >= 11 is 0. The predicted molar refractivity (Wildman–Crippen MR) is 85.4 cm³/mol. The summed E-state index contributed by atoms with van der Waals surface area (Å²) in [5.74, 6) is 0.437. The average molecular weight is 276 g/mol. The second-order valence-electron chi connectivity index (χ2n) is 5.98. The lowest BCUT2D eigenvalue weighted by Gasteiger charge is -2.32. The van der Waals surface area contributed by atoms with Crippen molar-refractivity contribution in [2.45, 2.75) is 25.7 Å². The Morgan fingerprint density at radius 3 is 2.00 bits per heavy atom. The van der Waals surface area contributed by atoms with E-state index in [2.05, 4.69) is 44.2 Å². The second-order valence-corrected chi connectivity index (χ2v) is 5.98. The van der Waals surface area contributed by atoms with E-state index in [4.69, 9.17) is 0 Å². The van der Waals surface area contributed by atoms with E-state index in [1.807, 2.05) is 18.2 Å². The Morgan fingerprint density at radius 2 is 1.29 bits per heavy atom. The topological polar surface area (TPSA) is 0 Å². The van der Waals surface area contributed by atoms with Crippen LogP contribution < -0.4 is 0 Å². The first-order valence-corrected chi connectivity index (χ1v) is 7.48. The van der Waals surface area contributed by atoms with E-state index in [1.165, 1.54) is 16.7 Å². The normalized spacial score (nSPS) is 20.1. The van der Waals surface area contributed by atoms with Crippen molar-refractivity contribution in [1.29, 1.82) is 0 Å². The number of hydrogen-bond acceptors (Lipinski definition) is 0. The summed E-state index contributed by atoms with van der Waals surface area (Å²) in [4.78, 5) is 0. The van der Waals surface area contributed by atoms with Crippen LogP contribution in [-0.4, -0.2) is 0 Å². The summed E-state index contributed by atoms with van der Waals surface area (Å²) in [6.45, 7) is 4.41. The molecule has 0 aliphatic heterocycles. The van der Waals surface area contributed by atoms with Crippen LogP contribution in [-0.2, 0) is 0 Å². The molecule has 104 valence electrons. The van der Waals surface area contributed by atoms with E-state index >= 15 is 0 Å². The third-order valence-electron chi connectivity index (χ3n) is 4.90. The Morgan fingerprint density at radius 1 is 0.714 bits per heavy atom. The van der Waals surface area contributed by atoms with Crippen molar-refractivity contribution < 1.29 is 4.39 Å². The summed E-state index contributed by atoms with van der Waals surface area (Å²) < 4.78 is 14.5. The van der Waals surface area contributed by atoms with Crippen LogP contribution in [0, 0.1) is 5.82 Å². The molecule has 1 aliphatic carbocycles. The van der Waals surface area contributed by atoms with Crippen molar-refractivity contribution >= 4 is 10.8 Å². The highest BCUT2D eigenvalue weighted by molar-refractivity contribution is 5.89. The highest BCUT2D eigenvalue weighted by atomic mass is 19.1. The molecule has 0 saturated carbocycles. The molecule has 0 spiro atoms. The number of fused-ring (bicyclic) bond motifs is 4. The lowest BCUT2D eigenvalue weighted by molar-refractivity contribution is 0.632. The maximum Gasteiger partial charge on any atom is 0.131 e. The number of benzene rings is 3. The fraction of sp³-hybridized carbons (Fsp3) is 0.200. The van der Waals surface area contributed by atoms with E-state index in [9.17, 15) is 4.39 Å². The Bertz CT molecular complexity index is 848. The summed E-state index contributed by atoms with van der Waals surface area (Å²) in [5.41, 5.74) is 5.12. The SMILES string of the molecule is C[C@@H]1c2ccccc2[C@@H](C)c2c1cc(F)c1ccccc21. The lowest BCUT2D eigenvalue weighted by atomic mass is 9.72. The zero-order chi connectivity index (χ0) is 14.6. The van der Waals surface area contributed by atoms with Gasteiger partial charge in [0.05, 0.1) is 0 Å². The molecular weight excluding hydrogens is 259 g/mol. The van der Waals surface area contributed by atoms with Crippen LogP contribution in [0.1, 0.15) is 47.9 Å². The first kappa shape index (κ1) is 12.6. The van der Waals surface area contributed by atoms with Crippen LogP contribution in [0.15, 0.2) is 54.6 Å². The smallest absolute Gasteiger partial charge is 0.131 e. The first-order valence-electron chi connectivity index (χ1n) is 7.48. The van der Waals surface area contributed by atoms with Gasteiger partial charge in [-0.05, 0) is 33.7 Å². The zero-order valence-electron chi connectivity index (χ0n) is 12.2. The molecule has 0 bridgehead atoms. The summed E-state index contributed by atoms with van der Waals surface area (Å²) in [6.07, 6.45) is 0. The average Bonchev–Trinajstić information content (AvgIpc) is 2.53. The fourth-order valence-electron chi connectivity index (χ4n) is 3.84. The number of hydrogen-bond donors (Lipinski definition) is 0. The van der Waals surface area contributed by atoms with Crippen molar-refractivity contribution in [1.82, 2.24) is 0 Å². The molecule has 0 radical (unpaired) electrons. The van der Waals surface area contributed by atoms with E-state index in [0.717, 1.165) is 16.3 Å². The largest absolute Gasteiger partial charge is 0.206 e. The van der Waals surface area contributed by atoms with E-state index in [-0.39, 0.29) is 11.7 Å². The Hall–Kier alpha value is -2.15. The van der Waals surface area contributed by atoms with E-state index in [1.54, 1.807) is 6.07 Å². The molecule has 0 amide bonds. The van der Waals surface area contributed by atoms with Gasteiger partial charge in [-0.15, -0.1) is 0 Å². The maximum absolute atomic E-state index is 14.5. The van der Waals surface area contributed by atoms with Crippen molar-refractivity contribution in [2.24, 2.45) is 0 Å². The molecule has 4 rings (SSSR count). The van der Waals surface area contributed by atoms with Crippen LogP contribution >= 0.6 is 0 Å². The maximum atomic E-state index is 14.5. The summed E-state index contributed by atoms with van der Waals surface area (Å²) in [7, 11) is 0. The number of halogens is 1. The molecule has 0 unspecified atom stereocenters. The zero-order valence-corrected chi connectivity index (χ0v) is 12.2. The van der Waals surface area contributed by atoms with Gasteiger partial charge in [0.1, 0.15) is 5.82 Å². The molecule has 3 aromatic carbocycles. The van der Waals surface area contributed by atoms with Crippen molar-refractivity contribution in [3.8, 4) is 0 Å². The van der Waals surface area contributed by atoms with Gasteiger partial charge in [0.15, 0.2) is 0 Å². The van der Waals surface area contributed by atoms with Crippen molar-refractivity contribution in [3.05, 3.63) is 82.7 Å². The summed E-state index contributed by atoms with van der Waals surface area (Å²) in [6, 6.07) is 18.1. The minimum Gasteiger partial charge on any atom is -0.206 e. The van der Waals surface area contributed by atoms with Gasteiger partial charge >= 0.3 is 0 Å². The molecule has 1 heteroatoms. The van der Waals surface area contributed by atoms with Crippen LogP contribution in [0.5, 0.6) is 0 Å². The van der Waals surface area contributed by atoms with Crippen LogP contribution in [0.4, 0.5) is 4.39 Å². The lowest BCUT2D eigenvalue weighted by Crippen LogP contribution is -2.15. The van der Waals surface area contributed by atoms with Crippen molar-refractivity contribution in [2.75, 3.05) is 0 Å².